The van der Waals surface area contributed by atoms with Crippen molar-refractivity contribution in [2.75, 3.05) is 30.5 Å². The fourth-order valence-electron chi connectivity index (χ4n) is 3.41. The minimum absolute atomic E-state index is 0.0621. The molecule has 0 radical (unpaired) electrons. The Kier molecular flexibility index (Phi) is 10.1. The van der Waals surface area contributed by atoms with Crippen molar-refractivity contribution in [2.45, 2.75) is 50.5 Å². The molecule has 0 aliphatic heterocycles. The van der Waals surface area contributed by atoms with Gasteiger partial charge in [0.1, 0.15) is 0 Å². The van der Waals surface area contributed by atoms with Crippen LogP contribution in [0.4, 0.5) is 11.4 Å². The third-order valence-corrected chi connectivity index (χ3v) is 6.99. The average Bonchev–Trinajstić information content (AvgIpc) is 2.79. The molecule has 8 nitrogen and oxygen atoms in total. The standard InChI is InChI=1S/C23H33N3O5S/c1-3-5-16-24(17-6-4-2)18-22(27)19-25(20-10-8-7-9-11-20)32(30,31)23-14-12-21(13-15-23)26(28)29/h7-15,22,27H,3-6,16-19H2,1-2H3/t22-/m0/s1. The number of sulfonamides is 1. The lowest BCUT2D eigenvalue weighted by molar-refractivity contribution is -0.384. The smallest absolute Gasteiger partial charge is 0.269 e. The van der Waals surface area contributed by atoms with Crippen molar-refractivity contribution >= 4 is 21.4 Å². The number of aliphatic hydroxyl groups excluding tert-OH is 1. The quantitative estimate of drug-likeness (QED) is 0.335. The molecule has 0 fully saturated rings. The second-order valence-corrected chi connectivity index (χ2v) is 9.65. The fourth-order valence-corrected chi connectivity index (χ4v) is 4.91. The number of rotatable bonds is 14. The van der Waals surface area contributed by atoms with E-state index in [0.717, 1.165) is 38.8 Å². The highest BCUT2D eigenvalue weighted by atomic mass is 32.2. The van der Waals surface area contributed by atoms with Crippen molar-refractivity contribution in [1.29, 1.82) is 0 Å². The number of hydrogen-bond donors (Lipinski definition) is 1. The van der Waals surface area contributed by atoms with Crippen LogP contribution in [0.2, 0.25) is 0 Å². The molecule has 1 N–H and O–H groups in total. The Morgan fingerprint density at radius 2 is 1.50 bits per heavy atom. The molecule has 2 aromatic carbocycles. The van der Waals surface area contributed by atoms with Crippen LogP contribution in [0.3, 0.4) is 0 Å². The molecule has 0 unspecified atom stereocenters. The lowest BCUT2D eigenvalue weighted by atomic mass is 10.2. The number of nitro groups is 1. The number of para-hydroxylation sites is 1. The van der Waals surface area contributed by atoms with Gasteiger partial charge in [-0.2, -0.15) is 0 Å². The zero-order chi connectivity index (χ0) is 23.6. The maximum absolute atomic E-state index is 13.4. The molecule has 32 heavy (non-hydrogen) atoms. The Morgan fingerprint density at radius 3 is 2.00 bits per heavy atom. The Hall–Kier alpha value is -2.49. The minimum Gasteiger partial charge on any atom is -0.390 e. The van der Waals surface area contributed by atoms with Crippen molar-refractivity contribution in [2.24, 2.45) is 0 Å². The van der Waals surface area contributed by atoms with E-state index in [1.807, 2.05) is 0 Å². The predicted molar refractivity (Wildman–Crippen MR) is 126 cm³/mol. The number of non-ortho nitro benzene ring substituents is 1. The highest BCUT2D eigenvalue weighted by Gasteiger charge is 2.28. The molecule has 0 aliphatic rings. The van der Waals surface area contributed by atoms with Gasteiger partial charge in [-0.1, -0.05) is 44.9 Å². The number of benzene rings is 2. The predicted octanol–water partition coefficient (Wildman–Crippen LogP) is 4.05. The lowest BCUT2D eigenvalue weighted by Gasteiger charge is -2.30. The van der Waals surface area contributed by atoms with E-state index in [4.69, 9.17) is 0 Å². The Labute approximate surface area is 190 Å². The molecule has 0 bridgehead atoms. The van der Waals surface area contributed by atoms with Gasteiger partial charge in [-0.15, -0.1) is 0 Å². The summed E-state index contributed by atoms with van der Waals surface area (Å²) in [6.07, 6.45) is 3.23. The molecule has 2 aromatic rings. The maximum Gasteiger partial charge on any atom is 0.269 e. The summed E-state index contributed by atoms with van der Waals surface area (Å²) in [6.45, 7) is 6.20. The topological polar surface area (TPSA) is 104 Å². The first-order valence-electron chi connectivity index (χ1n) is 11.0. The molecular formula is C23H33N3O5S. The van der Waals surface area contributed by atoms with Gasteiger partial charge in [0, 0.05) is 18.7 Å². The molecule has 0 saturated heterocycles. The van der Waals surface area contributed by atoms with Crippen molar-refractivity contribution in [3.05, 3.63) is 64.7 Å². The van der Waals surface area contributed by atoms with E-state index in [9.17, 15) is 23.6 Å². The Balaban J connectivity index is 2.27. The van der Waals surface area contributed by atoms with Crippen LogP contribution >= 0.6 is 0 Å². The molecular weight excluding hydrogens is 430 g/mol. The SMILES string of the molecule is CCCCN(CCCC)C[C@H](O)CN(c1ccccc1)S(=O)(=O)c1ccc([N+](=O)[O-])cc1. The van der Waals surface area contributed by atoms with Gasteiger partial charge in [0.05, 0.1) is 28.2 Å². The van der Waals surface area contributed by atoms with Gasteiger partial charge < -0.3 is 10.0 Å². The van der Waals surface area contributed by atoms with Crippen LogP contribution in [0.1, 0.15) is 39.5 Å². The second kappa shape index (κ2) is 12.5. The fraction of sp³-hybridized carbons (Fsp3) is 0.478. The lowest BCUT2D eigenvalue weighted by Crippen LogP contribution is -2.43. The van der Waals surface area contributed by atoms with E-state index in [1.54, 1.807) is 30.3 Å². The summed E-state index contributed by atoms with van der Waals surface area (Å²) in [5.74, 6) is 0. The minimum atomic E-state index is -4.03. The number of unbranched alkanes of at least 4 members (excludes halogenated alkanes) is 2. The van der Waals surface area contributed by atoms with E-state index < -0.39 is 21.1 Å². The molecule has 0 aromatic heterocycles. The van der Waals surface area contributed by atoms with Crippen molar-refractivity contribution < 1.29 is 18.4 Å². The van der Waals surface area contributed by atoms with Crippen LogP contribution in [-0.2, 0) is 10.0 Å². The van der Waals surface area contributed by atoms with Crippen molar-refractivity contribution in [3.63, 3.8) is 0 Å². The number of nitro benzene ring substituents is 1. The van der Waals surface area contributed by atoms with E-state index in [1.165, 1.54) is 28.6 Å². The maximum atomic E-state index is 13.4. The first kappa shape index (κ1) is 25.8. The van der Waals surface area contributed by atoms with Crippen molar-refractivity contribution in [1.82, 2.24) is 4.90 Å². The second-order valence-electron chi connectivity index (χ2n) is 7.78. The third kappa shape index (κ3) is 7.29. The van der Waals surface area contributed by atoms with E-state index in [-0.39, 0.29) is 17.1 Å². The Bertz CT molecular complexity index is 928. The molecule has 1 atom stereocenters. The summed E-state index contributed by atoms with van der Waals surface area (Å²) >= 11 is 0. The molecule has 0 saturated carbocycles. The first-order valence-corrected chi connectivity index (χ1v) is 12.5. The van der Waals surface area contributed by atoms with Gasteiger partial charge in [0.15, 0.2) is 0 Å². The van der Waals surface area contributed by atoms with Crippen LogP contribution in [0.15, 0.2) is 59.5 Å². The number of anilines is 1. The highest BCUT2D eigenvalue weighted by Crippen LogP contribution is 2.25. The van der Waals surface area contributed by atoms with Gasteiger partial charge in [-0.3, -0.25) is 14.4 Å². The largest absolute Gasteiger partial charge is 0.390 e. The molecule has 0 heterocycles. The summed E-state index contributed by atoms with van der Waals surface area (Å²) in [5.41, 5.74) is 0.247. The summed E-state index contributed by atoms with van der Waals surface area (Å²) in [5, 5.41) is 21.8. The van der Waals surface area contributed by atoms with Crippen molar-refractivity contribution in [3.8, 4) is 0 Å². The van der Waals surface area contributed by atoms with Crippen LogP contribution < -0.4 is 4.31 Å². The Morgan fingerprint density at radius 1 is 0.938 bits per heavy atom. The molecule has 0 amide bonds. The molecule has 176 valence electrons. The zero-order valence-electron chi connectivity index (χ0n) is 18.8. The van der Waals surface area contributed by atoms with E-state index in [2.05, 4.69) is 18.7 Å². The van der Waals surface area contributed by atoms with Gasteiger partial charge in [0.25, 0.3) is 15.7 Å². The number of aliphatic hydroxyl groups is 1. The van der Waals surface area contributed by atoms with E-state index in [0.29, 0.717) is 12.2 Å². The summed E-state index contributed by atoms with van der Waals surface area (Å²) in [6, 6.07) is 13.4. The van der Waals surface area contributed by atoms with Gasteiger partial charge in [-0.25, -0.2) is 8.42 Å². The van der Waals surface area contributed by atoms with Gasteiger partial charge in [-0.05, 0) is 50.2 Å². The monoisotopic (exact) mass is 463 g/mol. The summed E-state index contributed by atoms with van der Waals surface area (Å²) in [4.78, 5) is 12.5. The molecule has 0 spiro atoms. The summed E-state index contributed by atoms with van der Waals surface area (Å²) in [7, 11) is -4.03. The normalized spacial score (nSPS) is 12.6. The van der Waals surface area contributed by atoms with Crippen LogP contribution in [-0.4, -0.2) is 55.6 Å². The van der Waals surface area contributed by atoms with Crippen LogP contribution in [0.25, 0.3) is 0 Å². The summed E-state index contributed by atoms with van der Waals surface area (Å²) < 4.78 is 28.0. The van der Waals surface area contributed by atoms with Gasteiger partial charge >= 0.3 is 0 Å². The average molecular weight is 464 g/mol. The van der Waals surface area contributed by atoms with Crippen LogP contribution in [0.5, 0.6) is 0 Å². The zero-order valence-corrected chi connectivity index (χ0v) is 19.6. The number of nitrogens with zero attached hydrogens (tertiary/aromatic N) is 3. The van der Waals surface area contributed by atoms with Crippen LogP contribution in [0, 0.1) is 10.1 Å². The first-order chi connectivity index (χ1) is 15.3. The molecule has 2 rings (SSSR count). The van der Waals surface area contributed by atoms with Gasteiger partial charge in [0.2, 0.25) is 0 Å². The van der Waals surface area contributed by atoms with E-state index >= 15 is 0 Å². The molecule has 9 heteroatoms. The third-order valence-electron chi connectivity index (χ3n) is 5.18. The number of hydrogen-bond acceptors (Lipinski definition) is 6. The highest BCUT2D eigenvalue weighted by molar-refractivity contribution is 7.92. The molecule has 0 aliphatic carbocycles.